The molecule has 4 nitrogen and oxygen atoms in total. The number of H-pyrrole nitrogens is 1. The van der Waals surface area contributed by atoms with Crippen LogP contribution in [0.2, 0.25) is 0 Å². The van der Waals surface area contributed by atoms with Gasteiger partial charge < -0.3 is 4.98 Å². The molecular formula is C13H11N3O. The van der Waals surface area contributed by atoms with Gasteiger partial charge in [0.05, 0.1) is 0 Å². The fourth-order valence-electron chi connectivity index (χ4n) is 1.71. The number of nitriles is 1. The molecule has 2 rings (SSSR count). The molecule has 17 heavy (non-hydrogen) atoms. The van der Waals surface area contributed by atoms with Crippen LogP contribution in [0.3, 0.4) is 0 Å². The minimum absolute atomic E-state index is 0.126. The van der Waals surface area contributed by atoms with Gasteiger partial charge in [-0.2, -0.15) is 5.26 Å². The first-order chi connectivity index (χ1) is 8.26. The van der Waals surface area contributed by atoms with Crippen molar-refractivity contribution in [1.29, 1.82) is 5.26 Å². The van der Waals surface area contributed by atoms with Crippen molar-refractivity contribution < 1.29 is 0 Å². The Bertz CT molecular complexity index is 623. The van der Waals surface area contributed by atoms with Crippen LogP contribution in [0.5, 0.6) is 0 Å². The maximum Gasteiger partial charge on any atom is 0.266 e. The SMILES string of the molecule is CCc1[nH]c(=O)c(C#N)cc1-c1cccnc1. The molecule has 0 aliphatic rings. The Balaban J connectivity index is 2.69. The van der Waals surface area contributed by atoms with E-state index in [1.807, 2.05) is 25.1 Å². The zero-order valence-electron chi connectivity index (χ0n) is 9.40. The number of aromatic nitrogens is 2. The zero-order chi connectivity index (χ0) is 12.3. The van der Waals surface area contributed by atoms with Crippen molar-refractivity contribution in [3.05, 3.63) is 52.2 Å². The second-order valence-electron chi connectivity index (χ2n) is 3.61. The number of aromatic amines is 1. The Morgan fingerprint density at radius 1 is 1.53 bits per heavy atom. The predicted octanol–water partition coefficient (Wildman–Crippen LogP) is 1.87. The summed E-state index contributed by atoms with van der Waals surface area (Å²) in [6, 6.07) is 7.24. The van der Waals surface area contributed by atoms with Gasteiger partial charge in [0, 0.05) is 29.2 Å². The van der Waals surface area contributed by atoms with E-state index in [0.29, 0.717) is 6.42 Å². The Labute approximate surface area is 98.6 Å². The second-order valence-corrected chi connectivity index (χ2v) is 3.61. The van der Waals surface area contributed by atoms with Gasteiger partial charge in [0.1, 0.15) is 11.6 Å². The Morgan fingerprint density at radius 2 is 2.35 bits per heavy atom. The normalized spacial score (nSPS) is 9.88. The molecule has 4 heteroatoms. The molecule has 0 saturated heterocycles. The summed E-state index contributed by atoms with van der Waals surface area (Å²) >= 11 is 0. The molecule has 84 valence electrons. The zero-order valence-corrected chi connectivity index (χ0v) is 9.40. The lowest BCUT2D eigenvalue weighted by Crippen LogP contribution is -2.13. The van der Waals surface area contributed by atoms with E-state index < -0.39 is 0 Å². The molecular weight excluding hydrogens is 214 g/mol. The molecule has 0 radical (unpaired) electrons. The Morgan fingerprint density at radius 3 is 2.94 bits per heavy atom. The lowest BCUT2D eigenvalue weighted by molar-refractivity contribution is 1.01. The highest BCUT2D eigenvalue weighted by Gasteiger charge is 2.08. The third kappa shape index (κ3) is 2.08. The van der Waals surface area contributed by atoms with Gasteiger partial charge in [0.2, 0.25) is 0 Å². The molecule has 2 heterocycles. The number of nitrogens with zero attached hydrogens (tertiary/aromatic N) is 2. The molecule has 2 aromatic rings. The van der Waals surface area contributed by atoms with Gasteiger partial charge in [0.25, 0.3) is 5.56 Å². The van der Waals surface area contributed by atoms with Crippen LogP contribution in [-0.4, -0.2) is 9.97 Å². The summed E-state index contributed by atoms with van der Waals surface area (Å²) in [5.41, 5.74) is 2.37. The Kier molecular flexibility index (Phi) is 3.01. The van der Waals surface area contributed by atoms with Crippen molar-refractivity contribution in [3.8, 4) is 17.2 Å². The van der Waals surface area contributed by atoms with Crippen LogP contribution >= 0.6 is 0 Å². The summed E-state index contributed by atoms with van der Waals surface area (Å²) < 4.78 is 0. The number of hydrogen-bond acceptors (Lipinski definition) is 3. The molecule has 1 N–H and O–H groups in total. The minimum Gasteiger partial charge on any atom is -0.324 e. The highest BCUT2D eigenvalue weighted by atomic mass is 16.1. The van der Waals surface area contributed by atoms with Crippen molar-refractivity contribution in [3.63, 3.8) is 0 Å². The summed E-state index contributed by atoms with van der Waals surface area (Å²) in [5.74, 6) is 0. The van der Waals surface area contributed by atoms with Gasteiger partial charge in [-0.1, -0.05) is 13.0 Å². The van der Waals surface area contributed by atoms with E-state index in [1.165, 1.54) is 0 Å². The largest absolute Gasteiger partial charge is 0.324 e. The van der Waals surface area contributed by atoms with Crippen LogP contribution in [0.1, 0.15) is 18.2 Å². The molecule has 0 unspecified atom stereocenters. The molecule has 0 bridgehead atoms. The standard InChI is InChI=1S/C13H11N3O/c1-2-12-11(9-4-3-5-15-8-9)6-10(7-14)13(17)16-12/h3-6,8H,2H2,1H3,(H,16,17). The van der Waals surface area contributed by atoms with Crippen LogP contribution in [-0.2, 0) is 6.42 Å². The topological polar surface area (TPSA) is 69.5 Å². The monoisotopic (exact) mass is 225 g/mol. The maximum atomic E-state index is 11.5. The van der Waals surface area contributed by atoms with Gasteiger partial charge in [-0.3, -0.25) is 9.78 Å². The summed E-state index contributed by atoms with van der Waals surface area (Å²) in [4.78, 5) is 18.3. The quantitative estimate of drug-likeness (QED) is 0.848. The van der Waals surface area contributed by atoms with E-state index in [9.17, 15) is 4.79 Å². The molecule has 0 spiro atoms. The molecule has 0 aromatic carbocycles. The molecule has 0 amide bonds. The number of rotatable bonds is 2. The van der Waals surface area contributed by atoms with Gasteiger partial charge in [-0.25, -0.2) is 0 Å². The van der Waals surface area contributed by atoms with Gasteiger partial charge in [0.15, 0.2) is 0 Å². The predicted molar refractivity (Wildman–Crippen MR) is 64.4 cm³/mol. The van der Waals surface area contributed by atoms with Crippen LogP contribution < -0.4 is 5.56 Å². The van der Waals surface area contributed by atoms with Gasteiger partial charge >= 0.3 is 0 Å². The molecule has 0 aliphatic heterocycles. The highest BCUT2D eigenvalue weighted by Crippen LogP contribution is 2.21. The molecule has 0 fully saturated rings. The summed E-state index contributed by atoms with van der Waals surface area (Å²) in [5, 5.41) is 8.87. The van der Waals surface area contributed by atoms with Crippen molar-refractivity contribution >= 4 is 0 Å². The maximum absolute atomic E-state index is 11.5. The van der Waals surface area contributed by atoms with Gasteiger partial charge in [-0.05, 0) is 18.6 Å². The van der Waals surface area contributed by atoms with Crippen LogP contribution in [0.25, 0.3) is 11.1 Å². The third-order valence-electron chi connectivity index (χ3n) is 2.57. The van der Waals surface area contributed by atoms with E-state index in [-0.39, 0.29) is 11.1 Å². The molecule has 0 aliphatic carbocycles. The summed E-state index contributed by atoms with van der Waals surface area (Å²) in [7, 11) is 0. The first kappa shape index (κ1) is 11.1. The lowest BCUT2D eigenvalue weighted by Gasteiger charge is -2.07. The third-order valence-corrected chi connectivity index (χ3v) is 2.57. The smallest absolute Gasteiger partial charge is 0.266 e. The van der Waals surface area contributed by atoms with Crippen LogP contribution in [0, 0.1) is 11.3 Å². The Hall–Kier alpha value is -2.41. The number of aryl methyl sites for hydroxylation is 1. The highest BCUT2D eigenvalue weighted by molar-refractivity contribution is 5.66. The van der Waals surface area contributed by atoms with Crippen molar-refractivity contribution in [1.82, 2.24) is 9.97 Å². The second kappa shape index (κ2) is 4.62. The first-order valence-electron chi connectivity index (χ1n) is 5.33. The average Bonchev–Trinajstić information content (AvgIpc) is 2.39. The number of hydrogen-bond donors (Lipinski definition) is 1. The first-order valence-corrected chi connectivity index (χ1v) is 5.33. The fraction of sp³-hybridized carbons (Fsp3) is 0.154. The van der Waals surface area contributed by atoms with E-state index >= 15 is 0 Å². The average molecular weight is 225 g/mol. The molecule has 0 atom stereocenters. The van der Waals surface area contributed by atoms with E-state index in [0.717, 1.165) is 16.8 Å². The van der Waals surface area contributed by atoms with E-state index in [2.05, 4.69) is 9.97 Å². The van der Waals surface area contributed by atoms with Crippen LogP contribution in [0.4, 0.5) is 0 Å². The molecule has 0 saturated carbocycles. The minimum atomic E-state index is -0.336. The summed E-state index contributed by atoms with van der Waals surface area (Å²) in [6.07, 6.45) is 4.10. The van der Waals surface area contributed by atoms with E-state index in [1.54, 1.807) is 18.5 Å². The fourth-order valence-corrected chi connectivity index (χ4v) is 1.71. The molecule has 2 aromatic heterocycles. The van der Waals surface area contributed by atoms with E-state index in [4.69, 9.17) is 5.26 Å². The van der Waals surface area contributed by atoms with Crippen molar-refractivity contribution in [2.24, 2.45) is 0 Å². The van der Waals surface area contributed by atoms with Crippen molar-refractivity contribution in [2.45, 2.75) is 13.3 Å². The van der Waals surface area contributed by atoms with Crippen LogP contribution in [0.15, 0.2) is 35.4 Å². The summed E-state index contributed by atoms with van der Waals surface area (Å²) in [6.45, 7) is 1.96. The van der Waals surface area contributed by atoms with Gasteiger partial charge in [-0.15, -0.1) is 0 Å². The number of nitrogens with one attached hydrogen (secondary N) is 1. The van der Waals surface area contributed by atoms with Crippen molar-refractivity contribution in [2.75, 3.05) is 0 Å². The lowest BCUT2D eigenvalue weighted by atomic mass is 10.0. The number of pyridine rings is 2.